The van der Waals surface area contributed by atoms with Crippen molar-refractivity contribution in [2.24, 2.45) is 0 Å². The number of ether oxygens (including phenoxy) is 2. The number of carbonyl (C=O) groups excluding carboxylic acids is 1. The highest BCUT2D eigenvalue weighted by Crippen LogP contribution is 2.31. The fourth-order valence-electron chi connectivity index (χ4n) is 2.13. The summed E-state index contributed by atoms with van der Waals surface area (Å²) in [6.07, 6.45) is 0.530. The van der Waals surface area contributed by atoms with Crippen molar-refractivity contribution in [1.29, 1.82) is 0 Å². The molecule has 0 bridgehead atoms. The number of rotatable bonds is 6. The number of hydrogen-bond acceptors (Lipinski definition) is 3. The summed E-state index contributed by atoms with van der Waals surface area (Å²) in [6, 6.07) is 15.0. The lowest BCUT2D eigenvalue weighted by atomic mass is 10.0. The van der Waals surface area contributed by atoms with Gasteiger partial charge in [-0.2, -0.15) is 0 Å². The number of nitrogens with one attached hydrogen (secondary N) is 1. The van der Waals surface area contributed by atoms with Crippen LogP contribution in [-0.2, 0) is 4.79 Å². The Bertz CT molecular complexity index is 667. The van der Waals surface area contributed by atoms with E-state index in [2.05, 4.69) is 5.32 Å². The Labute approximate surface area is 137 Å². The lowest BCUT2D eigenvalue weighted by molar-refractivity contribution is -0.130. The standard InChI is InChI=1S/C19H23NO3/c1-5-19(3,23-17-9-7-6-8-16(17)22-4)18(21)20-15-12-10-14(2)11-13-15/h6-13H,5H2,1-4H3,(H,20,21). The fourth-order valence-corrected chi connectivity index (χ4v) is 2.13. The predicted molar refractivity (Wildman–Crippen MR) is 92.1 cm³/mol. The van der Waals surface area contributed by atoms with Gasteiger partial charge >= 0.3 is 0 Å². The van der Waals surface area contributed by atoms with Crippen molar-refractivity contribution in [2.75, 3.05) is 12.4 Å². The molecule has 1 unspecified atom stereocenters. The van der Waals surface area contributed by atoms with E-state index in [4.69, 9.17) is 9.47 Å². The molecule has 2 aromatic rings. The van der Waals surface area contributed by atoms with Crippen molar-refractivity contribution in [3.63, 3.8) is 0 Å². The first-order chi connectivity index (χ1) is 11.0. The van der Waals surface area contributed by atoms with Crippen LogP contribution in [0.3, 0.4) is 0 Å². The number of benzene rings is 2. The summed E-state index contributed by atoms with van der Waals surface area (Å²) < 4.78 is 11.3. The normalized spacial score (nSPS) is 13.0. The molecule has 23 heavy (non-hydrogen) atoms. The minimum absolute atomic E-state index is 0.185. The van der Waals surface area contributed by atoms with E-state index >= 15 is 0 Å². The summed E-state index contributed by atoms with van der Waals surface area (Å²) >= 11 is 0. The predicted octanol–water partition coefficient (Wildman–Crippen LogP) is 4.19. The smallest absolute Gasteiger partial charge is 0.268 e. The van der Waals surface area contributed by atoms with E-state index in [0.29, 0.717) is 17.9 Å². The number of hydrogen-bond donors (Lipinski definition) is 1. The van der Waals surface area contributed by atoms with Crippen molar-refractivity contribution in [1.82, 2.24) is 0 Å². The van der Waals surface area contributed by atoms with Crippen molar-refractivity contribution >= 4 is 11.6 Å². The van der Waals surface area contributed by atoms with Crippen LogP contribution >= 0.6 is 0 Å². The average molecular weight is 313 g/mol. The minimum atomic E-state index is -0.987. The third kappa shape index (κ3) is 4.03. The van der Waals surface area contributed by atoms with E-state index in [-0.39, 0.29) is 5.91 Å². The molecule has 122 valence electrons. The molecule has 1 N–H and O–H groups in total. The first-order valence-electron chi connectivity index (χ1n) is 7.68. The van der Waals surface area contributed by atoms with Gasteiger partial charge in [-0.05, 0) is 44.5 Å². The number of methoxy groups -OCH3 is 1. The molecule has 0 aromatic heterocycles. The third-order valence-electron chi connectivity index (χ3n) is 3.87. The van der Waals surface area contributed by atoms with E-state index in [9.17, 15) is 4.79 Å². The molecular formula is C19H23NO3. The lowest BCUT2D eigenvalue weighted by Crippen LogP contribution is -2.45. The van der Waals surface area contributed by atoms with Crippen molar-refractivity contribution in [3.05, 3.63) is 54.1 Å². The van der Waals surface area contributed by atoms with Gasteiger partial charge in [0.1, 0.15) is 0 Å². The Morgan fingerprint density at radius 3 is 2.26 bits per heavy atom. The van der Waals surface area contributed by atoms with Crippen LogP contribution in [0.1, 0.15) is 25.8 Å². The van der Waals surface area contributed by atoms with Gasteiger partial charge in [0.15, 0.2) is 17.1 Å². The molecule has 0 saturated carbocycles. The molecule has 0 radical (unpaired) electrons. The van der Waals surface area contributed by atoms with E-state index < -0.39 is 5.60 Å². The molecular weight excluding hydrogens is 290 g/mol. The van der Waals surface area contributed by atoms with Gasteiger partial charge in [0, 0.05) is 5.69 Å². The van der Waals surface area contributed by atoms with Crippen molar-refractivity contribution in [2.45, 2.75) is 32.8 Å². The van der Waals surface area contributed by atoms with E-state index in [1.807, 2.05) is 56.3 Å². The Morgan fingerprint density at radius 1 is 1.09 bits per heavy atom. The zero-order chi connectivity index (χ0) is 16.9. The summed E-state index contributed by atoms with van der Waals surface area (Å²) in [7, 11) is 1.58. The summed E-state index contributed by atoms with van der Waals surface area (Å²) in [6.45, 7) is 5.71. The van der Waals surface area contributed by atoms with E-state index in [1.165, 1.54) is 0 Å². The highest BCUT2D eigenvalue weighted by molar-refractivity contribution is 5.97. The van der Waals surface area contributed by atoms with Crippen LogP contribution in [0.5, 0.6) is 11.5 Å². The third-order valence-corrected chi connectivity index (χ3v) is 3.87. The van der Waals surface area contributed by atoms with Crippen LogP contribution in [0.15, 0.2) is 48.5 Å². The van der Waals surface area contributed by atoms with Gasteiger partial charge in [-0.25, -0.2) is 0 Å². The second kappa shape index (κ2) is 7.18. The van der Waals surface area contributed by atoms with Gasteiger partial charge in [0.05, 0.1) is 7.11 Å². The Balaban J connectivity index is 2.18. The van der Waals surface area contributed by atoms with Crippen molar-refractivity contribution < 1.29 is 14.3 Å². The molecule has 0 saturated heterocycles. The summed E-state index contributed by atoms with van der Waals surface area (Å²) in [5.41, 5.74) is 0.912. The summed E-state index contributed by atoms with van der Waals surface area (Å²) in [5, 5.41) is 2.91. The molecule has 0 spiro atoms. The van der Waals surface area contributed by atoms with Crippen LogP contribution in [0, 0.1) is 6.92 Å². The van der Waals surface area contributed by atoms with E-state index in [0.717, 1.165) is 11.3 Å². The Kier molecular flexibility index (Phi) is 5.27. The largest absolute Gasteiger partial charge is 0.493 e. The number of amides is 1. The first-order valence-corrected chi connectivity index (χ1v) is 7.68. The second-order valence-corrected chi connectivity index (χ2v) is 5.66. The zero-order valence-corrected chi connectivity index (χ0v) is 14.1. The average Bonchev–Trinajstić information content (AvgIpc) is 2.57. The maximum Gasteiger partial charge on any atom is 0.268 e. The topological polar surface area (TPSA) is 47.6 Å². The number of aryl methyl sites for hydroxylation is 1. The van der Waals surface area contributed by atoms with Gasteiger partial charge in [0.2, 0.25) is 0 Å². The number of anilines is 1. The molecule has 2 rings (SSSR count). The van der Waals surface area contributed by atoms with E-state index in [1.54, 1.807) is 20.1 Å². The van der Waals surface area contributed by atoms with Gasteiger partial charge in [-0.3, -0.25) is 4.79 Å². The van der Waals surface area contributed by atoms with Crippen LogP contribution in [0.2, 0.25) is 0 Å². The number of para-hydroxylation sites is 2. The highest BCUT2D eigenvalue weighted by Gasteiger charge is 2.34. The molecule has 2 aromatic carbocycles. The van der Waals surface area contributed by atoms with Crippen molar-refractivity contribution in [3.8, 4) is 11.5 Å². The van der Waals surface area contributed by atoms with Gasteiger partial charge in [-0.15, -0.1) is 0 Å². The zero-order valence-electron chi connectivity index (χ0n) is 14.1. The molecule has 0 fully saturated rings. The minimum Gasteiger partial charge on any atom is -0.493 e. The van der Waals surface area contributed by atoms with Gasteiger partial charge < -0.3 is 14.8 Å². The first kappa shape index (κ1) is 16.9. The number of carbonyl (C=O) groups is 1. The highest BCUT2D eigenvalue weighted by atomic mass is 16.5. The molecule has 1 atom stereocenters. The van der Waals surface area contributed by atoms with Crippen LogP contribution in [-0.4, -0.2) is 18.6 Å². The maximum atomic E-state index is 12.7. The molecule has 4 heteroatoms. The summed E-state index contributed by atoms with van der Waals surface area (Å²) in [4.78, 5) is 12.7. The fraction of sp³-hybridized carbons (Fsp3) is 0.316. The molecule has 4 nitrogen and oxygen atoms in total. The Hall–Kier alpha value is -2.49. The van der Waals surface area contributed by atoms with Crippen LogP contribution < -0.4 is 14.8 Å². The van der Waals surface area contributed by atoms with Crippen LogP contribution in [0.4, 0.5) is 5.69 Å². The SMILES string of the molecule is CCC(C)(Oc1ccccc1OC)C(=O)Nc1ccc(C)cc1. The Morgan fingerprint density at radius 2 is 1.70 bits per heavy atom. The van der Waals surface area contributed by atoms with Gasteiger partial charge in [-0.1, -0.05) is 36.8 Å². The lowest BCUT2D eigenvalue weighted by Gasteiger charge is -2.29. The molecule has 0 aliphatic carbocycles. The van der Waals surface area contributed by atoms with Gasteiger partial charge in [0.25, 0.3) is 5.91 Å². The quantitative estimate of drug-likeness (QED) is 0.870. The molecule has 0 heterocycles. The molecule has 0 aliphatic heterocycles. The molecule has 1 amide bonds. The second-order valence-electron chi connectivity index (χ2n) is 5.66. The maximum absolute atomic E-state index is 12.7. The monoisotopic (exact) mass is 313 g/mol. The van der Waals surface area contributed by atoms with Crippen LogP contribution in [0.25, 0.3) is 0 Å². The molecule has 0 aliphatic rings. The summed E-state index contributed by atoms with van der Waals surface area (Å²) in [5.74, 6) is 0.975.